The van der Waals surface area contributed by atoms with Crippen molar-refractivity contribution in [3.63, 3.8) is 0 Å². The van der Waals surface area contributed by atoms with Gasteiger partial charge < -0.3 is 19.1 Å². The van der Waals surface area contributed by atoms with E-state index >= 15 is 0 Å². The van der Waals surface area contributed by atoms with Crippen LogP contribution in [0.15, 0.2) is 42.6 Å². The summed E-state index contributed by atoms with van der Waals surface area (Å²) in [5.74, 6) is 1.71. The Morgan fingerprint density at radius 2 is 1.70 bits per heavy atom. The monoisotopic (exact) mass is 407 g/mol. The van der Waals surface area contributed by atoms with Crippen molar-refractivity contribution in [2.45, 2.75) is 18.8 Å². The summed E-state index contributed by atoms with van der Waals surface area (Å²) in [5, 5.41) is 1.04. The van der Waals surface area contributed by atoms with Gasteiger partial charge in [-0.3, -0.25) is 4.79 Å². The number of nitrogens with zero attached hydrogens (tertiary/aromatic N) is 3. The minimum absolute atomic E-state index is 0.0409. The van der Waals surface area contributed by atoms with Crippen LogP contribution < -0.4 is 14.2 Å². The number of piperidine rings is 1. The van der Waals surface area contributed by atoms with Crippen molar-refractivity contribution < 1.29 is 19.0 Å². The highest BCUT2D eigenvalue weighted by molar-refractivity contribution is 5.95. The number of rotatable bonds is 5. The van der Waals surface area contributed by atoms with E-state index in [0.29, 0.717) is 41.8 Å². The van der Waals surface area contributed by atoms with Gasteiger partial charge in [-0.15, -0.1) is 0 Å². The molecule has 4 rings (SSSR count). The van der Waals surface area contributed by atoms with Gasteiger partial charge in [-0.1, -0.05) is 0 Å². The van der Waals surface area contributed by atoms with Gasteiger partial charge in [0.15, 0.2) is 17.1 Å². The average Bonchev–Trinajstić information content (AvgIpc) is 2.82. The second kappa shape index (κ2) is 8.57. The van der Waals surface area contributed by atoms with Crippen molar-refractivity contribution in [3.05, 3.63) is 53.9 Å². The number of methoxy groups -OCH3 is 3. The molecule has 0 aliphatic carbocycles. The summed E-state index contributed by atoms with van der Waals surface area (Å²) >= 11 is 0. The van der Waals surface area contributed by atoms with Crippen molar-refractivity contribution in [2.24, 2.45) is 0 Å². The number of likely N-dealkylation sites (tertiary alicyclic amines) is 1. The number of aromatic nitrogens is 2. The topological polar surface area (TPSA) is 73.8 Å². The van der Waals surface area contributed by atoms with E-state index in [1.54, 1.807) is 39.7 Å². The van der Waals surface area contributed by atoms with Crippen LogP contribution in [0.4, 0.5) is 0 Å². The molecule has 7 heteroatoms. The molecule has 0 unspecified atom stereocenters. The lowest BCUT2D eigenvalue weighted by molar-refractivity contribution is 0.0711. The maximum atomic E-state index is 13.1. The maximum absolute atomic E-state index is 13.1. The van der Waals surface area contributed by atoms with Crippen LogP contribution in [0.1, 0.15) is 34.8 Å². The van der Waals surface area contributed by atoms with Crippen LogP contribution in [0.2, 0.25) is 0 Å². The van der Waals surface area contributed by atoms with Gasteiger partial charge in [0.25, 0.3) is 5.91 Å². The van der Waals surface area contributed by atoms with E-state index in [9.17, 15) is 4.79 Å². The number of fused-ring (bicyclic) bond motifs is 1. The lowest BCUT2D eigenvalue weighted by Gasteiger charge is -2.32. The smallest absolute Gasteiger partial charge is 0.254 e. The minimum Gasteiger partial charge on any atom is -0.493 e. The van der Waals surface area contributed by atoms with E-state index in [0.717, 1.165) is 29.6 Å². The molecule has 1 fully saturated rings. The van der Waals surface area contributed by atoms with Crippen LogP contribution in [0.3, 0.4) is 0 Å². The Morgan fingerprint density at radius 3 is 2.33 bits per heavy atom. The van der Waals surface area contributed by atoms with Crippen molar-refractivity contribution in [1.82, 2.24) is 14.9 Å². The molecule has 3 heterocycles. The summed E-state index contributed by atoms with van der Waals surface area (Å²) in [4.78, 5) is 24.1. The van der Waals surface area contributed by atoms with Gasteiger partial charge in [0.1, 0.15) is 0 Å². The first kappa shape index (κ1) is 19.9. The molecule has 156 valence electrons. The third kappa shape index (κ3) is 3.75. The molecule has 1 aromatic carbocycles. The summed E-state index contributed by atoms with van der Waals surface area (Å²) in [7, 11) is 4.63. The summed E-state index contributed by atoms with van der Waals surface area (Å²) < 4.78 is 16.1. The first-order chi connectivity index (χ1) is 14.6. The van der Waals surface area contributed by atoms with E-state index in [4.69, 9.17) is 19.2 Å². The molecule has 1 aliphatic rings. The van der Waals surface area contributed by atoms with Gasteiger partial charge in [-0.2, -0.15) is 0 Å². The normalized spacial score (nSPS) is 14.6. The summed E-state index contributed by atoms with van der Waals surface area (Å²) in [6.07, 6.45) is 3.49. The Morgan fingerprint density at radius 1 is 1.00 bits per heavy atom. The number of hydrogen-bond acceptors (Lipinski definition) is 6. The van der Waals surface area contributed by atoms with Gasteiger partial charge in [0.2, 0.25) is 5.75 Å². The molecule has 1 amide bonds. The van der Waals surface area contributed by atoms with Crippen molar-refractivity contribution in [1.29, 1.82) is 0 Å². The third-order valence-corrected chi connectivity index (χ3v) is 5.60. The van der Waals surface area contributed by atoms with Crippen LogP contribution >= 0.6 is 0 Å². The molecular weight excluding hydrogens is 382 g/mol. The Hall–Kier alpha value is -3.35. The predicted molar refractivity (Wildman–Crippen MR) is 114 cm³/mol. The molecule has 1 aliphatic heterocycles. The number of pyridine rings is 2. The lowest BCUT2D eigenvalue weighted by atomic mass is 9.92. The van der Waals surface area contributed by atoms with Gasteiger partial charge in [0.05, 0.1) is 21.3 Å². The Labute approximate surface area is 175 Å². The first-order valence-corrected chi connectivity index (χ1v) is 9.95. The largest absolute Gasteiger partial charge is 0.493 e. The second-order valence-electron chi connectivity index (χ2n) is 7.27. The van der Waals surface area contributed by atoms with Crippen molar-refractivity contribution in [2.75, 3.05) is 34.4 Å². The Kier molecular flexibility index (Phi) is 5.70. The van der Waals surface area contributed by atoms with E-state index in [2.05, 4.69) is 17.1 Å². The molecule has 0 atom stereocenters. The number of benzene rings is 1. The highest BCUT2D eigenvalue weighted by Crippen LogP contribution is 2.39. The highest BCUT2D eigenvalue weighted by atomic mass is 16.5. The third-order valence-electron chi connectivity index (χ3n) is 5.60. The van der Waals surface area contributed by atoms with Crippen LogP contribution in [0.5, 0.6) is 17.2 Å². The minimum atomic E-state index is -0.0409. The van der Waals surface area contributed by atoms with Gasteiger partial charge >= 0.3 is 0 Å². The molecule has 2 aromatic heterocycles. The Balaban J connectivity index is 1.49. The fourth-order valence-electron chi connectivity index (χ4n) is 3.96. The molecule has 30 heavy (non-hydrogen) atoms. The number of carbonyl (C=O) groups is 1. The van der Waals surface area contributed by atoms with Crippen LogP contribution in [0.25, 0.3) is 11.0 Å². The van der Waals surface area contributed by atoms with Crippen LogP contribution in [-0.2, 0) is 0 Å². The lowest BCUT2D eigenvalue weighted by Crippen LogP contribution is -2.38. The fraction of sp³-hybridized carbons (Fsp3) is 0.348. The number of amides is 1. The first-order valence-electron chi connectivity index (χ1n) is 9.95. The molecule has 3 aromatic rings. The highest BCUT2D eigenvalue weighted by Gasteiger charge is 2.27. The summed E-state index contributed by atoms with van der Waals surface area (Å²) in [6.45, 7) is 1.34. The van der Waals surface area contributed by atoms with E-state index < -0.39 is 0 Å². The van der Waals surface area contributed by atoms with Crippen molar-refractivity contribution >= 4 is 16.9 Å². The molecule has 0 radical (unpaired) electrons. The van der Waals surface area contributed by atoms with Crippen molar-refractivity contribution in [3.8, 4) is 17.2 Å². The molecule has 0 bridgehead atoms. The van der Waals surface area contributed by atoms with Crippen LogP contribution in [0, 0.1) is 0 Å². The second-order valence-corrected chi connectivity index (χ2v) is 7.27. The quantitative estimate of drug-likeness (QED) is 0.642. The zero-order chi connectivity index (χ0) is 21.1. The van der Waals surface area contributed by atoms with Gasteiger partial charge in [-0.05, 0) is 49.2 Å². The molecule has 0 saturated carbocycles. The number of hydrogen-bond donors (Lipinski definition) is 0. The number of carbonyl (C=O) groups excluding carboxylic acids is 1. The number of ether oxygens (including phenoxy) is 3. The molecule has 1 saturated heterocycles. The predicted octanol–water partition coefficient (Wildman–Crippen LogP) is 3.68. The average molecular weight is 407 g/mol. The zero-order valence-corrected chi connectivity index (χ0v) is 17.4. The van der Waals surface area contributed by atoms with Gasteiger partial charge in [0, 0.05) is 41.8 Å². The fourth-order valence-corrected chi connectivity index (χ4v) is 3.96. The molecular formula is C23H25N3O4. The van der Waals surface area contributed by atoms with Gasteiger partial charge in [-0.25, -0.2) is 9.97 Å². The van der Waals surface area contributed by atoms with E-state index in [1.165, 1.54) is 0 Å². The van der Waals surface area contributed by atoms with E-state index in [1.807, 2.05) is 17.0 Å². The standard InChI is InChI=1S/C23H25N3O4/c1-28-19-13-17(14-20(29-2)21(19)30-3)23(27)26-11-8-15(9-12-26)18-7-6-16-5-4-10-24-22(16)25-18/h4-7,10,13-15H,8-9,11-12H2,1-3H3. The molecule has 7 nitrogen and oxygen atoms in total. The zero-order valence-electron chi connectivity index (χ0n) is 17.4. The maximum Gasteiger partial charge on any atom is 0.254 e. The Bertz CT molecular complexity index is 1040. The van der Waals surface area contributed by atoms with Crippen LogP contribution in [-0.4, -0.2) is 55.2 Å². The SMILES string of the molecule is COc1cc(C(=O)N2CCC(c3ccc4cccnc4n3)CC2)cc(OC)c1OC. The van der Waals surface area contributed by atoms with E-state index in [-0.39, 0.29) is 5.91 Å². The molecule has 0 N–H and O–H groups in total. The summed E-state index contributed by atoms with van der Waals surface area (Å²) in [6, 6.07) is 11.5. The molecule has 0 spiro atoms. The summed E-state index contributed by atoms with van der Waals surface area (Å²) in [5.41, 5.74) is 2.34.